The fourth-order valence-corrected chi connectivity index (χ4v) is 2.21. The van der Waals surface area contributed by atoms with Gasteiger partial charge in [-0.3, -0.25) is 0 Å². The molecule has 0 saturated heterocycles. The van der Waals surface area contributed by atoms with E-state index in [2.05, 4.69) is 10.5 Å². The van der Waals surface area contributed by atoms with Gasteiger partial charge in [0, 0.05) is 0 Å². The second-order valence-corrected chi connectivity index (χ2v) is 5.65. The summed E-state index contributed by atoms with van der Waals surface area (Å²) in [4.78, 5) is 11.9. The van der Waals surface area contributed by atoms with Gasteiger partial charge in [-0.25, -0.2) is 4.79 Å². The van der Waals surface area contributed by atoms with Gasteiger partial charge >= 0.3 is 6.09 Å². The van der Waals surface area contributed by atoms with E-state index in [0.29, 0.717) is 12.3 Å². The Morgan fingerprint density at radius 2 is 2.14 bits per heavy atom. The highest BCUT2D eigenvalue weighted by Gasteiger charge is 2.38. The van der Waals surface area contributed by atoms with Gasteiger partial charge in [0.15, 0.2) is 5.84 Å². The van der Waals surface area contributed by atoms with Crippen LogP contribution in [0.4, 0.5) is 4.79 Å². The molecule has 1 aromatic rings. The Labute approximate surface area is 124 Å². The minimum atomic E-state index is -0.885. The lowest BCUT2D eigenvalue weighted by molar-refractivity contribution is 0.131. The van der Waals surface area contributed by atoms with E-state index < -0.39 is 11.6 Å². The lowest BCUT2D eigenvalue weighted by atomic mass is 9.93. The quantitative estimate of drug-likeness (QED) is 0.324. The molecule has 1 aliphatic carbocycles. The number of carbonyl (C=O) groups excluding carboxylic acids is 1. The monoisotopic (exact) mass is 291 g/mol. The van der Waals surface area contributed by atoms with Crippen molar-refractivity contribution in [2.24, 2.45) is 16.8 Å². The van der Waals surface area contributed by atoms with Gasteiger partial charge in [0.1, 0.15) is 12.1 Å². The van der Waals surface area contributed by atoms with Crippen LogP contribution in [0.1, 0.15) is 31.7 Å². The van der Waals surface area contributed by atoms with Crippen molar-refractivity contribution in [1.29, 1.82) is 0 Å². The van der Waals surface area contributed by atoms with E-state index in [0.717, 1.165) is 18.4 Å². The van der Waals surface area contributed by atoms with Crippen LogP contribution in [0.25, 0.3) is 0 Å². The number of oxime groups is 1. The summed E-state index contributed by atoms with van der Waals surface area (Å²) in [5.41, 5.74) is 5.73. The summed E-state index contributed by atoms with van der Waals surface area (Å²) in [6.45, 7) is 1.92. The van der Waals surface area contributed by atoms with Gasteiger partial charge in [-0.2, -0.15) is 0 Å². The maximum Gasteiger partial charge on any atom is 0.408 e. The lowest BCUT2D eigenvalue weighted by Crippen LogP contribution is -2.55. The third-order valence-electron chi connectivity index (χ3n) is 3.66. The zero-order valence-electron chi connectivity index (χ0n) is 12.1. The number of amidine groups is 1. The summed E-state index contributed by atoms with van der Waals surface area (Å²) in [6, 6.07) is 9.41. The van der Waals surface area contributed by atoms with Gasteiger partial charge in [0.05, 0.1) is 0 Å². The standard InChI is InChI=1S/C15H21N3O3/c1-15(13(16)18-20,9-11-7-8-11)17-14(19)21-10-12-5-3-2-4-6-12/h2-6,11,20H,7-10H2,1H3,(H2,16,18)(H,17,19)/t15-/m1/s1. The maximum atomic E-state index is 11.9. The highest BCUT2D eigenvalue weighted by Crippen LogP contribution is 2.36. The third kappa shape index (κ3) is 4.37. The molecule has 1 saturated carbocycles. The molecule has 0 aromatic heterocycles. The topological polar surface area (TPSA) is 96.9 Å². The number of nitrogens with zero attached hydrogens (tertiary/aromatic N) is 1. The first-order valence-corrected chi connectivity index (χ1v) is 7.00. The van der Waals surface area contributed by atoms with Crippen molar-refractivity contribution >= 4 is 11.9 Å². The minimum absolute atomic E-state index is 0.00828. The molecule has 1 fully saturated rings. The number of amides is 1. The lowest BCUT2D eigenvalue weighted by Gasteiger charge is -2.29. The number of benzene rings is 1. The smallest absolute Gasteiger partial charge is 0.408 e. The van der Waals surface area contributed by atoms with Gasteiger partial charge in [0.2, 0.25) is 0 Å². The summed E-state index contributed by atoms with van der Waals surface area (Å²) in [5.74, 6) is 0.496. The van der Waals surface area contributed by atoms with Crippen LogP contribution >= 0.6 is 0 Å². The van der Waals surface area contributed by atoms with Gasteiger partial charge in [0.25, 0.3) is 0 Å². The number of rotatable bonds is 6. The molecular weight excluding hydrogens is 270 g/mol. The molecule has 0 aliphatic heterocycles. The molecule has 4 N–H and O–H groups in total. The molecule has 2 rings (SSSR count). The van der Waals surface area contributed by atoms with Crippen molar-refractivity contribution in [3.8, 4) is 0 Å². The first-order chi connectivity index (χ1) is 10.0. The number of nitrogens with one attached hydrogen (secondary N) is 1. The summed E-state index contributed by atoms with van der Waals surface area (Å²) in [5, 5.41) is 14.6. The van der Waals surface area contributed by atoms with Crippen LogP contribution in [-0.4, -0.2) is 22.7 Å². The Balaban J connectivity index is 1.91. The molecule has 0 spiro atoms. The summed E-state index contributed by atoms with van der Waals surface area (Å²) < 4.78 is 5.18. The Bertz CT molecular complexity index is 514. The molecule has 1 amide bonds. The van der Waals surface area contributed by atoms with Crippen LogP contribution in [0, 0.1) is 5.92 Å². The molecule has 114 valence electrons. The van der Waals surface area contributed by atoms with Crippen LogP contribution < -0.4 is 11.1 Å². The summed E-state index contributed by atoms with van der Waals surface area (Å²) in [7, 11) is 0. The molecule has 6 nitrogen and oxygen atoms in total. The fourth-order valence-electron chi connectivity index (χ4n) is 2.21. The first-order valence-electron chi connectivity index (χ1n) is 7.00. The van der Waals surface area contributed by atoms with Crippen molar-refractivity contribution in [3.63, 3.8) is 0 Å². The number of nitrogens with two attached hydrogens (primary N) is 1. The number of hydrogen-bond acceptors (Lipinski definition) is 4. The molecular formula is C15H21N3O3. The van der Waals surface area contributed by atoms with E-state index >= 15 is 0 Å². The van der Waals surface area contributed by atoms with Gasteiger partial charge < -0.3 is 21.0 Å². The Morgan fingerprint density at radius 3 is 2.71 bits per heavy atom. The van der Waals surface area contributed by atoms with Crippen molar-refractivity contribution < 1.29 is 14.7 Å². The molecule has 1 aromatic carbocycles. The second kappa shape index (κ2) is 6.47. The average molecular weight is 291 g/mol. The molecule has 0 unspecified atom stereocenters. The van der Waals surface area contributed by atoms with Crippen molar-refractivity contribution in [2.75, 3.05) is 0 Å². The fraction of sp³-hybridized carbons (Fsp3) is 0.467. The van der Waals surface area contributed by atoms with E-state index in [9.17, 15) is 4.79 Å². The summed E-state index contributed by atoms with van der Waals surface area (Å²) in [6.07, 6.45) is 2.28. The van der Waals surface area contributed by atoms with Crippen LogP contribution in [0.3, 0.4) is 0 Å². The van der Waals surface area contributed by atoms with Crippen molar-refractivity contribution in [1.82, 2.24) is 5.32 Å². The average Bonchev–Trinajstić information content (AvgIpc) is 3.29. The van der Waals surface area contributed by atoms with Gasteiger partial charge in [-0.05, 0) is 24.8 Å². The molecule has 1 atom stereocenters. The van der Waals surface area contributed by atoms with E-state index in [1.54, 1.807) is 6.92 Å². The van der Waals surface area contributed by atoms with E-state index in [4.69, 9.17) is 15.7 Å². The predicted octanol–water partition coefficient (Wildman–Crippen LogP) is 2.22. The molecule has 0 radical (unpaired) electrons. The third-order valence-corrected chi connectivity index (χ3v) is 3.66. The maximum absolute atomic E-state index is 11.9. The Hall–Kier alpha value is -2.24. The Morgan fingerprint density at radius 1 is 1.48 bits per heavy atom. The Kier molecular flexibility index (Phi) is 4.67. The van der Waals surface area contributed by atoms with Crippen LogP contribution in [0.5, 0.6) is 0 Å². The SMILES string of the molecule is C[C@](CC1CC1)(NC(=O)OCc1ccccc1)C(N)=NO. The number of alkyl carbamates (subject to hydrolysis) is 1. The van der Waals surface area contributed by atoms with Crippen LogP contribution in [-0.2, 0) is 11.3 Å². The van der Waals surface area contributed by atoms with Crippen LogP contribution in [0.15, 0.2) is 35.5 Å². The molecule has 0 bridgehead atoms. The van der Waals surface area contributed by atoms with Crippen molar-refractivity contribution in [3.05, 3.63) is 35.9 Å². The number of ether oxygens (including phenoxy) is 1. The van der Waals surface area contributed by atoms with Crippen LogP contribution in [0.2, 0.25) is 0 Å². The largest absolute Gasteiger partial charge is 0.445 e. The highest BCUT2D eigenvalue weighted by atomic mass is 16.5. The molecule has 0 heterocycles. The zero-order valence-corrected chi connectivity index (χ0v) is 12.1. The van der Waals surface area contributed by atoms with Gasteiger partial charge in [-0.15, -0.1) is 0 Å². The van der Waals surface area contributed by atoms with E-state index in [1.165, 1.54) is 0 Å². The molecule has 6 heteroatoms. The normalized spacial score (nSPS) is 17.9. The predicted molar refractivity (Wildman–Crippen MR) is 78.9 cm³/mol. The first kappa shape index (κ1) is 15.2. The number of hydrogen-bond donors (Lipinski definition) is 3. The van der Waals surface area contributed by atoms with Crippen molar-refractivity contribution in [2.45, 2.75) is 38.3 Å². The molecule has 21 heavy (non-hydrogen) atoms. The minimum Gasteiger partial charge on any atom is -0.445 e. The number of carbonyl (C=O) groups is 1. The second-order valence-electron chi connectivity index (χ2n) is 5.65. The summed E-state index contributed by atoms with van der Waals surface area (Å²) >= 11 is 0. The zero-order chi connectivity index (χ0) is 15.3. The van der Waals surface area contributed by atoms with Gasteiger partial charge in [-0.1, -0.05) is 48.3 Å². The van der Waals surface area contributed by atoms with E-state index in [1.807, 2.05) is 30.3 Å². The highest BCUT2D eigenvalue weighted by molar-refractivity contribution is 5.92. The molecule has 1 aliphatic rings. The van der Waals surface area contributed by atoms with E-state index in [-0.39, 0.29) is 12.4 Å².